The van der Waals surface area contributed by atoms with Crippen LogP contribution in [0.15, 0.2) is 54.6 Å². The van der Waals surface area contributed by atoms with Crippen molar-refractivity contribution < 1.29 is 0 Å². The predicted molar refractivity (Wildman–Crippen MR) is 98.5 cm³/mol. The molecule has 1 fully saturated rings. The average molecular weight is 318 g/mol. The molecule has 3 aromatic rings. The molecule has 2 aromatic carbocycles. The van der Waals surface area contributed by atoms with Gasteiger partial charge in [0, 0.05) is 42.9 Å². The maximum absolute atomic E-state index is 4.61. The van der Waals surface area contributed by atoms with Crippen LogP contribution >= 0.6 is 0 Å². The van der Waals surface area contributed by atoms with Crippen molar-refractivity contribution in [3.63, 3.8) is 0 Å². The highest BCUT2D eigenvalue weighted by Gasteiger charge is 2.20. The van der Waals surface area contributed by atoms with Gasteiger partial charge in [-0.1, -0.05) is 54.6 Å². The van der Waals surface area contributed by atoms with E-state index in [0.29, 0.717) is 6.04 Å². The molecule has 2 heterocycles. The molecule has 24 heavy (non-hydrogen) atoms. The van der Waals surface area contributed by atoms with Crippen LogP contribution in [0.1, 0.15) is 18.2 Å². The van der Waals surface area contributed by atoms with Crippen molar-refractivity contribution in [1.82, 2.24) is 15.5 Å². The van der Waals surface area contributed by atoms with E-state index in [2.05, 4.69) is 75.9 Å². The van der Waals surface area contributed by atoms with E-state index >= 15 is 0 Å². The predicted octanol–water partition coefficient (Wildman–Crippen LogP) is 3.02. The second kappa shape index (κ2) is 6.57. The summed E-state index contributed by atoms with van der Waals surface area (Å²) in [6, 6.07) is 19.4. The van der Waals surface area contributed by atoms with Crippen molar-refractivity contribution in [2.75, 3.05) is 24.5 Å². The summed E-state index contributed by atoms with van der Waals surface area (Å²) >= 11 is 0. The van der Waals surface area contributed by atoms with Gasteiger partial charge in [0.25, 0.3) is 0 Å². The van der Waals surface area contributed by atoms with Crippen LogP contribution in [0.25, 0.3) is 10.8 Å². The Hall–Kier alpha value is -2.46. The van der Waals surface area contributed by atoms with Gasteiger partial charge in [-0.25, -0.2) is 0 Å². The lowest BCUT2D eigenvalue weighted by atomic mass is 10.0. The van der Waals surface area contributed by atoms with Crippen molar-refractivity contribution in [2.24, 2.45) is 0 Å². The molecule has 0 radical (unpaired) electrons. The maximum atomic E-state index is 4.61. The summed E-state index contributed by atoms with van der Waals surface area (Å²) in [5.74, 6) is 1.01. The Bertz CT molecular complexity index is 831. The summed E-state index contributed by atoms with van der Waals surface area (Å²) in [6.45, 7) is 5.15. The minimum absolute atomic E-state index is 0.475. The minimum Gasteiger partial charge on any atom is -0.352 e. The van der Waals surface area contributed by atoms with Crippen LogP contribution in [0.2, 0.25) is 0 Å². The first-order valence-corrected chi connectivity index (χ1v) is 8.58. The number of benzene rings is 2. The summed E-state index contributed by atoms with van der Waals surface area (Å²) < 4.78 is 0. The number of nitrogens with one attached hydrogen (secondary N) is 1. The molecule has 0 aliphatic carbocycles. The van der Waals surface area contributed by atoms with Crippen LogP contribution < -0.4 is 10.2 Å². The minimum atomic E-state index is 0.475. The lowest BCUT2D eigenvalue weighted by Gasteiger charge is -2.33. The number of rotatable bonds is 3. The standard InChI is InChI=1S/C20H22N4/c1-15-14-24(12-11-21-15)20-18-10-6-5-9-17(18)19(22-23-20)13-16-7-3-2-4-8-16/h2-10,15,21H,11-14H2,1H3/t15-/m0/s1. The zero-order chi connectivity index (χ0) is 16.4. The van der Waals surface area contributed by atoms with Crippen LogP contribution in [0, 0.1) is 0 Å². The number of fused-ring (bicyclic) bond motifs is 1. The van der Waals surface area contributed by atoms with Gasteiger partial charge in [-0.3, -0.25) is 0 Å². The monoisotopic (exact) mass is 318 g/mol. The Morgan fingerprint density at radius 3 is 2.54 bits per heavy atom. The molecule has 1 aliphatic rings. The first-order chi connectivity index (χ1) is 11.8. The first-order valence-electron chi connectivity index (χ1n) is 8.58. The molecule has 4 rings (SSSR count). The van der Waals surface area contributed by atoms with Gasteiger partial charge in [-0.05, 0) is 12.5 Å². The van der Waals surface area contributed by atoms with Crippen LogP contribution in [0.5, 0.6) is 0 Å². The molecule has 1 atom stereocenters. The fourth-order valence-electron chi connectivity index (χ4n) is 3.42. The van der Waals surface area contributed by atoms with E-state index in [1.165, 1.54) is 16.3 Å². The Morgan fingerprint density at radius 1 is 1.00 bits per heavy atom. The second-order valence-corrected chi connectivity index (χ2v) is 6.48. The van der Waals surface area contributed by atoms with Gasteiger partial charge >= 0.3 is 0 Å². The normalized spacial score (nSPS) is 18.0. The number of aromatic nitrogens is 2. The van der Waals surface area contributed by atoms with Crippen LogP contribution in [-0.2, 0) is 6.42 Å². The van der Waals surface area contributed by atoms with Gasteiger partial charge < -0.3 is 10.2 Å². The van der Waals surface area contributed by atoms with Crippen molar-refractivity contribution in [3.8, 4) is 0 Å². The highest BCUT2D eigenvalue weighted by atomic mass is 15.3. The third kappa shape index (κ3) is 2.97. The molecule has 1 aliphatic heterocycles. The molecule has 1 N–H and O–H groups in total. The van der Waals surface area contributed by atoms with Gasteiger partial charge in [0.1, 0.15) is 0 Å². The highest BCUT2D eigenvalue weighted by molar-refractivity contribution is 5.93. The van der Waals surface area contributed by atoms with E-state index in [1.807, 2.05) is 6.07 Å². The molecule has 0 spiro atoms. The average Bonchev–Trinajstić information content (AvgIpc) is 2.63. The molecule has 4 heteroatoms. The third-order valence-electron chi connectivity index (χ3n) is 4.63. The molecule has 0 unspecified atom stereocenters. The molecular formula is C20H22N4. The summed E-state index contributed by atoms with van der Waals surface area (Å²) in [6.07, 6.45) is 0.812. The first kappa shape index (κ1) is 15.1. The van der Waals surface area contributed by atoms with Gasteiger partial charge in [-0.15, -0.1) is 5.10 Å². The Labute approximate surface area is 142 Å². The molecule has 1 aromatic heterocycles. The lowest BCUT2D eigenvalue weighted by Crippen LogP contribution is -2.49. The fraction of sp³-hybridized carbons (Fsp3) is 0.300. The van der Waals surface area contributed by atoms with E-state index < -0.39 is 0 Å². The van der Waals surface area contributed by atoms with E-state index in [0.717, 1.165) is 37.6 Å². The van der Waals surface area contributed by atoms with Crippen LogP contribution in [0.3, 0.4) is 0 Å². The SMILES string of the molecule is C[C@H]1CN(c2nnc(Cc3ccccc3)c3ccccc23)CCN1. The molecular weight excluding hydrogens is 296 g/mol. The van der Waals surface area contributed by atoms with E-state index in [4.69, 9.17) is 0 Å². The van der Waals surface area contributed by atoms with Gasteiger partial charge in [0.2, 0.25) is 0 Å². The number of hydrogen-bond donors (Lipinski definition) is 1. The number of hydrogen-bond acceptors (Lipinski definition) is 4. The largest absolute Gasteiger partial charge is 0.352 e. The molecule has 0 saturated carbocycles. The quantitative estimate of drug-likeness (QED) is 0.806. The summed E-state index contributed by atoms with van der Waals surface area (Å²) in [7, 11) is 0. The highest BCUT2D eigenvalue weighted by Crippen LogP contribution is 2.27. The Morgan fingerprint density at radius 2 is 1.75 bits per heavy atom. The number of nitrogens with zero attached hydrogens (tertiary/aromatic N) is 3. The molecule has 0 amide bonds. The van der Waals surface area contributed by atoms with E-state index in [9.17, 15) is 0 Å². The van der Waals surface area contributed by atoms with Gasteiger partial charge in [0.15, 0.2) is 5.82 Å². The van der Waals surface area contributed by atoms with Crippen LogP contribution in [0.4, 0.5) is 5.82 Å². The maximum Gasteiger partial charge on any atom is 0.159 e. The topological polar surface area (TPSA) is 41.1 Å². The smallest absolute Gasteiger partial charge is 0.159 e. The number of piperazine rings is 1. The van der Waals surface area contributed by atoms with Crippen LogP contribution in [-0.4, -0.2) is 35.9 Å². The fourth-order valence-corrected chi connectivity index (χ4v) is 3.42. The molecule has 4 nitrogen and oxygen atoms in total. The summed E-state index contributed by atoms with van der Waals surface area (Å²) in [5.41, 5.74) is 2.31. The summed E-state index contributed by atoms with van der Waals surface area (Å²) in [4.78, 5) is 2.35. The zero-order valence-electron chi connectivity index (χ0n) is 13.9. The molecule has 0 bridgehead atoms. The van der Waals surface area contributed by atoms with Crippen molar-refractivity contribution in [1.29, 1.82) is 0 Å². The summed E-state index contributed by atoms with van der Waals surface area (Å²) in [5, 5.41) is 15.1. The number of anilines is 1. The zero-order valence-corrected chi connectivity index (χ0v) is 13.9. The van der Waals surface area contributed by atoms with E-state index in [-0.39, 0.29) is 0 Å². The van der Waals surface area contributed by atoms with Crippen molar-refractivity contribution in [2.45, 2.75) is 19.4 Å². The second-order valence-electron chi connectivity index (χ2n) is 6.48. The lowest BCUT2D eigenvalue weighted by molar-refractivity contribution is 0.482. The molecule has 1 saturated heterocycles. The van der Waals surface area contributed by atoms with Gasteiger partial charge in [-0.2, -0.15) is 5.10 Å². The van der Waals surface area contributed by atoms with Gasteiger partial charge in [0.05, 0.1) is 5.69 Å². The molecule has 122 valence electrons. The van der Waals surface area contributed by atoms with Crippen molar-refractivity contribution in [3.05, 3.63) is 65.9 Å². The third-order valence-corrected chi connectivity index (χ3v) is 4.63. The van der Waals surface area contributed by atoms with E-state index in [1.54, 1.807) is 0 Å². The Balaban J connectivity index is 1.74. The van der Waals surface area contributed by atoms with Crippen molar-refractivity contribution >= 4 is 16.6 Å². The Kier molecular flexibility index (Phi) is 4.13.